The van der Waals surface area contributed by atoms with Gasteiger partial charge in [-0.15, -0.1) is 0 Å². The normalized spacial score (nSPS) is 16.4. The van der Waals surface area contributed by atoms with Crippen molar-refractivity contribution in [2.75, 3.05) is 32.1 Å². The maximum absolute atomic E-state index is 11.0. The van der Waals surface area contributed by atoms with Crippen LogP contribution in [-0.2, 0) is 0 Å². The van der Waals surface area contributed by atoms with E-state index in [0.29, 0.717) is 11.8 Å². The van der Waals surface area contributed by atoms with Gasteiger partial charge < -0.3 is 14.5 Å². The summed E-state index contributed by atoms with van der Waals surface area (Å²) in [6.07, 6.45) is 2.16. The predicted molar refractivity (Wildman–Crippen MR) is 87.8 cm³/mol. The van der Waals surface area contributed by atoms with Crippen LogP contribution in [0.2, 0.25) is 0 Å². The minimum absolute atomic E-state index is 0.0138. The number of hydrogen-bond acceptors (Lipinski definition) is 5. The first-order chi connectivity index (χ1) is 10.4. The first kappa shape index (κ1) is 16.5. The Hall–Kier alpha value is -1.82. The van der Waals surface area contributed by atoms with E-state index in [1.54, 1.807) is 6.07 Å². The van der Waals surface area contributed by atoms with Crippen LogP contribution in [0.5, 0.6) is 5.75 Å². The molecule has 1 aliphatic heterocycles. The lowest BCUT2D eigenvalue weighted by molar-refractivity contribution is -0.384. The number of hydrogen-bond donors (Lipinski definition) is 0. The summed E-state index contributed by atoms with van der Waals surface area (Å²) in [5.41, 5.74) is 1.03. The molecule has 22 heavy (non-hydrogen) atoms. The SMILES string of the molecule is CC(C)Oc1cc([N+](=O)[O-])ccc1N1CCC(N(C)C)CC1. The second-order valence-electron chi connectivity index (χ2n) is 6.26. The molecule has 0 amide bonds. The summed E-state index contributed by atoms with van der Waals surface area (Å²) < 4.78 is 5.81. The molecule has 6 nitrogen and oxygen atoms in total. The molecule has 1 aromatic rings. The molecule has 0 spiro atoms. The minimum Gasteiger partial charge on any atom is -0.489 e. The van der Waals surface area contributed by atoms with Gasteiger partial charge in [0.05, 0.1) is 22.8 Å². The largest absolute Gasteiger partial charge is 0.489 e. The molecule has 0 N–H and O–H groups in total. The van der Waals surface area contributed by atoms with Crippen molar-refractivity contribution in [2.45, 2.75) is 38.8 Å². The summed E-state index contributed by atoms with van der Waals surface area (Å²) >= 11 is 0. The van der Waals surface area contributed by atoms with E-state index in [2.05, 4.69) is 23.9 Å². The first-order valence-electron chi connectivity index (χ1n) is 7.75. The van der Waals surface area contributed by atoms with Gasteiger partial charge in [-0.05, 0) is 46.9 Å². The van der Waals surface area contributed by atoms with E-state index in [4.69, 9.17) is 4.74 Å². The number of ether oxygens (including phenoxy) is 1. The van der Waals surface area contributed by atoms with E-state index in [9.17, 15) is 10.1 Å². The van der Waals surface area contributed by atoms with Crippen molar-refractivity contribution in [3.63, 3.8) is 0 Å². The summed E-state index contributed by atoms with van der Waals surface area (Å²) in [6.45, 7) is 5.74. The van der Waals surface area contributed by atoms with Crippen LogP contribution in [0, 0.1) is 10.1 Å². The Labute approximate surface area is 131 Å². The molecule has 1 aliphatic rings. The van der Waals surface area contributed by atoms with Gasteiger partial charge in [-0.3, -0.25) is 10.1 Å². The van der Waals surface area contributed by atoms with Gasteiger partial charge in [-0.1, -0.05) is 0 Å². The second kappa shape index (κ2) is 6.96. The number of piperidine rings is 1. The number of nitro groups is 1. The lowest BCUT2D eigenvalue weighted by Crippen LogP contribution is -2.42. The van der Waals surface area contributed by atoms with Crippen molar-refractivity contribution in [3.8, 4) is 5.75 Å². The summed E-state index contributed by atoms with van der Waals surface area (Å²) in [5, 5.41) is 11.0. The monoisotopic (exact) mass is 307 g/mol. The Morgan fingerprint density at radius 1 is 1.32 bits per heavy atom. The molecule has 1 saturated heterocycles. The van der Waals surface area contributed by atoms with Crippen molar-refractivity contribution in [3.05, 3.63) is 28.3 Å². The van der Waals surface area contributed by atoms with E-state index in [1.807, 2.05) is 19.9 Å². The zero-order chi connectivity index (χ0) is 16.3. The molecule has 0 unspecified atom stereocenters. The highest BCUT2D eigenvalue weighted by molar-refractivity contribution is 5.62. The zero-order valence-corrected chi connectivity index (χ0v) is 13.8. The van der Waals surface area contributed by atoms with Crippen LogP contribution in [0.3, 0.4) is 0 Å². The number of benzene rings is 1. The molecule has 0 aliphatic carbocycles. The van der Waals surface area contributed by atoms with Gasteiger partial charge in [0.1, 0.15) is 5.75 Å². The van der Waals surface area contributed by atoms with Crippen LogP contribution < -0.4 is 9.64 Å². The Morgan fingerprint density at radius 3 is 2.45 bits per heavy atom. The number of rotatable bonds is 5. The fourth-order valence-corrected chi connectivity index (χ4v) is 2.85. The number of nitro benzene ring substituents is 1. The predicted octanol–water partition coefficient (Wildman–Crippen LogP) is 2.91. The molecule has 0 radical (unpaired) electrons. The van der Waals surface area contributed by atoms with E-state index in [0.717, 1.165) is 31.6 Å². The fraction of sp³-hybridized carbons (Fsp3) is 0.625. The molecule has 0 aromatic heterocycles. The number of nitrogens with zero attached hydrogens (tertiary/aromatic N) is 3. The molecular formula is C16H25N3O3. The van der Waals surface area contributed by atoms with Gasteiger partial charge >= 0.3 is 0 Å². The topological polar surface area (TPSA) is 58.9 Å². The van der Waals surface area contributed by atoms with Gasteiger partial charge in [0.2, 0.25) is 0 Å². The average molecular weight is 307 g/mol. The lowest BCUT2D eigenvalue weighted by atomic mass is 10.0. The standard InChI is InChI=1S/C16H25N3O3/c1-12(2)22-16-11-14(19(20)21)5-6-15(16)18-9-7-13(8-10-18)17(3)4/h5-6,11-13H,7-10H2,1-4H3. The Balaban J connectivity index is 2.21. The van der Waals surface area contributed by atoms with Gasteiger partial charge in [-0.25, -0.2) is 0 Å². The second-order valence-corrected chi connectivity index (χ2v) is 6.26. The Morgan fingerprint density at radius 2 is 1.95 bits per heavy atom. The lowest BCUT2D eigenvalue weighted by Gasteiger charge is -2.37. The van der Waals surface area contributed by atoms with Gasteiger partial charge in [0, 0.05) is 25.2 Å². The highest BCUT2D eigenvalue weighted by Crippen LogP contribution is 2.34. The zero-order valence-electron chi connectivity index (χ0n) is 13.8. The molecule has 0 bridgehead atoms. The highest BCUT2D eigenvalue weighted by atomic mass is 16.6. The first-order valence-corrected chi connectivity index (χ1v) is 7.75. The summed E-state index contributed by atoms with van der Waals surface area (Å²) in [5.74, 6) is 0.604. The molecular weight excluding hydrogens is 282 g/mol. The molecule has 0 saturated carbocycles. The summed E-state index contributed by atoms with van der Waals surface area (Å²) in [7, 11) is 4.22. The molecule has 1 aromatic carbocycles. The van der Waals surface area contributed by atoms with Crippen molar-refractivity contribution in [1.82, 2.24) is 4.90 Å². The smallest absolute Gasteiger partial charge is 0.273 e. The third-order valence-electron chi connectivity index (χ3n) is 4.05. The molecule has 1 fully saturated rings. The molecule has 2 rings (SSSR count). The van der Waals surface area contributed by atoms with E-state index in [1.165, 1.54) is 6.07 Å². The number of anilines is 1. The van der Waals surface area contributed by atoms with Crippen LogP contribution >= 0.6 is 0 Å². The maximum Gasteiger partial charge on any atom is 0.273 e. The van der Waals surface area contributed by atoms with Crippen LogP contribution in [0.25, 0.3) is 0 Å². The third kappa shape index (κ3) is 3.88. The highest BCUT2D eigenvalue weighted by Gasteiger charge is 2.24. The fourth-order valence-electron chi connectivity index (χ4n) is 2.85. The van der Waals surface area contributed by atoms with Crippen molar-refractivity contribution < 1.29 is 9.66 Å². The van der Waals surface area contributed by atoms with Gasteiger partial charge in [-0.2, -0.15) is 0 Å². The van der Waals surface area contributed by atoms with Gasteiger partial charge in [0.15, 0.2) is 0 Å². The van der Waals surface area contributed by atoms with Crippen LogP contribution in [0.1, 0.15) is 26.7 Å². The summed E-state index contributed by atoms with van der Waals surface area (Å²) in [6, 6.07) is 5.50. The quantitative estimate of drug-likeness (QED) is 0.618. The maximum atomic E-state index is 11.0. The Bertz CT molecular complexity index is 523. The molecule has 1 heterocycles. The molecule has 0 atom stereocenters. The van der Waals surface area contributed by atoms with E-state index >= 15 is 0 Å². The van der Waals surface area contributed by atoms with Crippen molar-refractivity contribution >= 4 is 11.4 Å². The van der Waals surface area contributed by atoms with Crippen LogP contribution in [0.15, 0.2) is 18.2 Å². The van der Waals surface area contributed by atoms with E-state index < -0.39 is 0 Å². The van der Waals surface area contributed by atoms with Crippen molar-refractivity contribution in [2.24, 2.45) is 0 Å². The van der Waals surface area contributed by atoms with Gasteiger partial charge in [0.25, 0.3) is 5.69 Å². The molecule has 6 heteroatoms. The van der Waals surface area contributed by atoms with Crippen molar-refractivity contribution in [1.29, 1.82) is 0 Å². The van der Waals surface area contributed by atoms with Crippen LogP contribution in [0.4, 0.5) is 11.4 Å². The van der Waals surface area contributed by atoms with E-state index in [-0.39, 0.29) is 16.7 Å². The minimum atomic E-state index is -0.380. The van der Waals surface area contributed by atoms with Crippen LogP contribution in [-0.4, -0.2) is 49.2 Å². The molecule has 122 valence electrons. The number of non-ortho nitro benzene ring substituents is 1. The third-order valence-corrected chi connectivity index (χ3v) is 4.05. The Kier molecular flexibility index (Phi) is 5.24. The summed E-state index contributed by atoms with van der Waals surface area (Å²) in [4.78, 5) is 15.1. The average Bonchev–Trinajstić information content (AvgIpc) is 2.46.